The number of unbranched alkanes of at least 4 members (excludes halogenated alkanes) is 1. The Hall–Kier alpha value is -0.292. The predicted octanol–water partition coefficient (Wildman–Crippen LogP) is 3.55. The molecule has 1 aromatic rings. The number of para-hydroxylation sites is 1. The second-order valence-corrected chi connectivity index (χ2v) is 4.29. The Balaban J connectivity index is 0.00000128. The van der Waals surface area contributed by atoms with E-state index in [0.717, 1.165) is 25.0 Å². The normalized spacial score (nSPS) is 18.2. The average molecular weight is 387 g/mol. The van der Waals surface area contributed by atoms with Gasteiger partial charge in [0.15, 0.2) is 0 Å². The number of aryl methyl sites for hydroxylation is 2. The van der Waals surface area contributed by atoms with Gasteiger partial charge in [-0.05, 0) is 42.9 Å². The van der Waals surface area contributed by atoms with Gasteiger partial charge < -0.3 is 11.7 Å². The molecule has 0 spiro atoms. The summed E-state index contributed by atoms with van der Waals surface area (Å²) in [5.74, 6) is 1.12. The first kappa shape index (κ1) is 13.8. The van der Waals surface area contributed by atoms with Gasteiger partial charge in [-0.25, -0.2) is 0 Å². The van der Waals surface area contributed by atoms with Crippen molar-refractivity contribution < 1.29 is 25.8 Å². The van der Waals surface area contributed by atoms with Crippen LogP contribution in [0.15, 0.2) is 18.2 Å². The molecule has 0 amide bonds. The van der Waals surface area contributed by atoms with Gasteiger partial charge >= 0.3 is 0 Å². The molecule has 0 aliphatic carbocycles. The first-order valence-corrected chi connectivity index (χ1v) is 5.91. The molecule has 1 heterocycles. The van der Waals surface area contributed by atoms with E-state index in [9.17, 15) is 0 Å². The van der Waals surface area contributed by atoms with Crippen LogP contribution in [0.25, 0.3) is 0 Å². The van der Waals surface area contributed by atoms with E-state index in [1.54, 1.807) is 0 Å². The summed E-state index contributed by atoms with van der Waals surface area (Å²) < 4.78 is 5.85. The van der Waals surface area contributed by atoms with Crippen molar-refractivity contribution in [1.82, 2.24) is 0 Å². The Morgan fingerprint density at radius 3 is 3.00 bits per heavy atom. The van der Waals surface area contributed by atoms with Gasteiger partial charge in [0, 0.05) is 21.1 Å². The van der Waals surface area contributed by atoms with Crippen molar-refractivity contribution in [2.45, 2.75) is 45.1 Å². The Labute approximate surface area is 113 Å². The third-order valence-corrected chi connectivity index (χ3v) is 3.00. The summed E-state index contributed by atoms with van der Waals surface area (Å²) in [4.78, 5) is 0. The minimum absolute atomic E-state index is 0. The second kappa shape index (κ2) is 6.45. The molecule has 0 saturated heterocycles. The molecule has 0 fully saturated rings. The Kier molecular flexibility index (Phi) is 5.55. The summed E-state index contributed by atoms with van der Waals surface area (Å²) in [5.41, 5.74) is 2.73. The number of fused-ring (bicyclic) bond motifs is 1. The molecule has 1 aliphatic rings. The van der Waals surface area contributed by atoms with Crippen molar-refractivity contribution in [2.75, 3.05) is 0 Å². The Bertz CT molecular complexity index is 336. The number of hydrogen-bond acceptors (Lipinski definition) is 1. The molecule has 1 nitrogen and oxygen atoms in total. The number of hydrogen-bond donors (Lipinski definition) is 0. The van der Waals surface area contributed by atoms with Crippen molar-refractivity contribution in [3.63, 3.8) is 0 Å². The zero-order valence-electron chi connectivity index (χ0n) is 9.87. The van der Waals surface area contributed by atoms with Crippen molar-refractivity contribution in [1.29, 1.82) is 0 Å². The molecule has 0 aromatic heterocycles. The minimum atomic E-state index is 0. The summed E-state index contributed by atoms with van der Waals surface area (Å²) >= 11 is 0. The standard InChI is InChI=1S/C14H19O.W/c1-3-4-6-12-7-5-8-13-10-9-11(2)15-14(12)13;/h5,7-8,11H,2-4,6,9-10H2,1H3;/q-1;. The van der Waals surface area contributed by atoms with Gasteiger partial charge in [0.2, 0.25) is 0 Å². The zero-order chi connectivity index (χ0) is 10.7. The summed E-state index contributed by atoms with van der Waals surface area (Å²) in [5, 5.41) is 0. The third kappa shape index (κ3) is 3.10. The summed E-state index contributed by atoms with van der Waals surface area (Å²) in [7, 11) is 0. The van der Waals surface area contributed by atoms with E-state index in [1.807, 2.05) is 0 Å². The van der Waals surface area contributed by atoms with Crippen LogP contribution in [-0.4, -0.2) is 6.10 Å². The van der Waals surface area contributed by atoms with Crippen LogP contribution in [-0.2, 0) is 33.9 Å². The Morgan fingerprint density at radius 2 is 2.25 bits per heavy atom. The van der Waals surface area contributed by atoms with Crippen LogP contribution < -0.4 is 4.74 Å². The van der Waals surface area contributed by atoms with Gasteiger partial charge in [-0.3, -0.25) is 0 Å². The average Bonchev–Trinajstić information content (AvgIpc) is 2.26. The largest absolute Gasteiger partial charge is 0.522 e. The molecule has 1 aromatic carbocycles. The number of rotatable bonds is 3. The molecular weight excluding hydrogens is 368 g/mol. The fraction of sp³-hybridized carbons (Fsp3) is 0.500. The second-order valence-electron chi connectivity index (χ2n) is 4.29. The van der Waals surface area contributed by atoms with Crippen molar-refractivity contribution >= 4 is 0 Å². The van der Waals surface area contributed by atoms with Crippen molar-refractivity contribution in [2.24, 2.45) is 0 Å². The monoisotopic (exact) mass is 387 g/mol. The van der Waals surface area contributed by atoms with Crippen LogP contribution in [0.2, 0.25) is 0 Å². The van der Waals surface area contributed by atoms with E-state index in [-0.39, 0.29) is 27.2 Å². The fourth-order valence-electron chi connectivity index (χ4n) is 2.09. The number of ether oxygens (including phenoxy) is 1. The molecule has 2 heteroatoms. The van der Waals surface area contributed by atoms with E-state index in [0.29, 0.717) is 0 Å². The van der Waals surface area contributed by atoms with Crippen LogP contribution in [0.5, 0.6) is 5.75 Å². The molecule has 0 N–H and O–H groups in total. The molecular formula is C14H19OW-. The molecule has 88 valence electrons. The maximum atomic E-state index is 5.85. The summed E-state index contributed by atoms with van der Waals surface area (Å²) in [6.45, 7) is 6.22. The van der Waals surface area contributed by atoms with Gasteiger partial charge in [-0.1, -0.05) is 31.5 Å². The third-order valence-electron chi connectivity index (χ3n) is 3.00. The maximum absolute atomic E-state index is 5.85. The predicted molar refractivity (Wildman–Crippen MR) is 63.1 cm³/mol. The van der Waals surface area contributed by atoms with E-state index in [4.69, 9.17) is 4.74 Å². The van der Waals surface area contributed by atoms with Crippen LogP contribution in [0.3, 0.4) is 0 Å². The van der Waals surface area contributed by atoms with Gasteiger partial charge in [-0.2, -0.15) is 0 Å². The van der Waals surface area contributed by atoms with Crippen LogP contribution >= 0.6 is 0 Å². The molecule has 0 saturated carbocycles. The number of benzene rings is 1. The molecule has 0 bridgehead atoms. The molecule has 1 unspecified atom stereocenters. The van der Waals surface area contributed by atoms with E-state index >= 15 is 0 Å². The summed E-state index contributed by atoms with van der Waals surface area (Å²) in [6, 6.07) is 6.51. The van der Waals surface area contributed by atoms with Crippen LogP contribution in [0.1, 0.15) is 37.3 Å². The molecule has 1 atom stereocenters. The van der Waals surface area contributed by atoms with Crippen LogP contribution in [0.4, 0.5) is 0 Å². The fourth-order valence-corrected chi connectivity index (χ4v) is 2.09. The first-order valence-electron chi connectivity index (χ1n) is 5.91. The Morgan fingerprint density at radius 1 is 1.44 bits per heavy atom. The summed E-state index contributed by atoms with van der Waals surface area (Å²) in [6.07, 6.45) is 5.90. The smallest absolute Gasteiger partial charge is 0.121 e. The van der Waals surface area contributed by atoms with Crippen LogP contribution in [0, 0.1) is 6.92 Å². The molecule has 1 aliphatic heterocycles. The van der Waals surface area contributed by atoms with E-state index in [1.165, 1.54) is 24.0 Å². The van der Waals surface area contributed by atoms with Gasteiger partial charge in [0.25, 0.3) is 0 Å². The van der Waals surface area contributed by atoms with Crippen molar-refractivity contribution in [3.05, 3.63) is 36.2 Å². The maximum Gasteiger partial charge on any atom is 0.121 e. The van der Waals surface area contributed by atoms with Crippen molar-refractivity contribution in [3.8, 4) is 5.75 Å². The van der Waals surface area contributed by atoms with E-state index < -0.39 is 0 Å². The van der Waals surface area contributed by atoms with Gasteiger partial charge in [0.1, 0.15) is 5.75 Å². The van der Waals surface area contributed by atoms with Gasteiger partial charge in [0.05, 0.1) is 0 Å². The SMILES string of the molecule is [CH2-]C1CCc2cccc(CCCC)c2O1.[W]. The molecule has 16 heavy (non-hydrogen) atoms. The minimum Gasteiger partial charge on any atom is -0.522 e. The topological polar surface area (TPSA) is 9.23 Å². The van der Waals surface area contributed by atoms with Gasteiger partial charge in [-0.15, -0.1) is 0 Å². The zero-order valence-corrected chi connectivity index (χ0v) is 12.8. The quantitative estimate of drug-likeness (QED) is 0.721. The molecule has 2 rings (SSSR count). The van der Waals surface area contributed by atoms with E-state index in [2.05, 4.69) is 32.0 Å². The first-order chi connectivity index (χ1) is 7.31. The molecule has 0 radical (unpaired) electrons.